The Morgan fingerprint density at radius 3 is 1.88 bits per heavy atom. The van der Waals surface area contributed by atoms with Crippen LogP contribution in [0.15, 0.2) is 0 Å². The zero-order valence-corrected chi connectivity index (χ0v) is 4.47. The Bertz CT molecular complexity index is 97.2. The lowest BCUT2D eigenvalue weighted by Gasteiger charge is -2.02. The second-order valence-corrected chi connectivity index (χ2v) is 1.38. The van der Waals surface area contributed by atoms with Crippen LogP contribution in [-0.4, -0.2) is 17.8 Å². The average Bonchev–Trinajstić information content (AvgIpc) is 1.62. The zero-order chi connectivity index (χ0) is 6.78. The van der Waals surface area contributed by atoms with Crippen molar-refractivity contribution in [3.8, 4) is 0 Å². The lowest BCUT2D eigenvalue weighted by molar-refractivity contribution is -0.0597. The van der Waals surface area contributed by atoms with E-state index in [1.807, 2.05) is 0 Å². The van der Waals surface area contributed by atoms with Crippen molar-refractivity contribution in [1.29, 1.82) is 5.41 Å². The fraction of sp³-hybridized carbons (Fsp3) is 0.667. The third-order valence-corrected chi connectivity index (χ3v) is 0.743. The lowest BCUT2D eigenvalue weighted by Crippen LogP contribution is -2.22. The van der Waals surface area contributed by atoms with Crippen LogP contribution in [0.1, 0.15) is 0 Å². The van der Waals surface area contributed by atoms with E-state index in [1.165, 1.54) is 0 Å². The Kier molecular flexibility index (Phi) is 2.27. The second kappa shape index (κ2) is 2.35. The van der Waals surface area contributed by atoms with Crippen molar-refractivity contribution >= 4 is 17.3 Å². The van der Waals surface area contributed by atoms with Crippen molar-refractivity contribution in [2.24, 2.45) is 0 Å². The summed E-state index contributed by atoms with van der Waals surface area (Å²) in [5.74, 6) is -0.774. The van der Waals surface area contributed by atoms with E-state index in [2.05, 4.69) is 0 Å². The minimum absolute atomic E-state index is 0.774. The van der Waals surface area contributed by atoms with Gasteiger partial charge < -0.3 is 0 Å². The van der Waals surface area contributed by atoms with Crippen molar-refractivity contribution in [3.05, 3.63) is 0 Å². The molecule has 1 nitrogen and oxygen atoms in total. The Morgan fingerprint density at radius 2 is 1.88 bits per heavy atom. The predicted molar refractivity (Wildman–Crippen MR) is 24.5 cm³/mol. The van der Waals surface area contributed by atoms with E-state index in [0.29, 0.717) is 0 Å². The molecule has 48 valence electrons. The maximum Gasteiger partial charge on any atom is 0.429 e. The lowest BCUT2D eigenvalue weighted by atomic mass is 10.4. The highest BCUT2D eigenvalue weighted by molar-refractivity contribution is 6.28. The first-order valence-corrected chi connectivity index (χ1v) is 2.22. The molecule has 0 aromatic heterocycles. The molecule has 0 bridgehead atoms. The van der Waals surface area contributed by atoms with Crippen LogP contribution in [0, 0.1) is 5.41 Å². The van der Waals surface area contributed by atoms with Gasteiger partial charge in [0.1, 0.15) is 5.71 Å². The summed E-state index contributed by atoms with van der Waals surface area (Å²) in [7, 11) is 0. The quantitative estimate of drug-likeness (QED) is 0.430. The largest absolute Gasteiger partial charge is 0.429 e. The van der Waals surface area contributed by atoms with Crippen LogP contribution in [0.2, 0.25) is 0 Å². The van der Waals surface area contributed by atoms with Crippen molar-refractivity contribution in [2.75, 3.05) is 5.88 Å². The summed E-state index contributed by atoms with van der Waals surface area (Å²) >= 11 is 4.69. The summed E-state index contributed by atoms with van der Waals surface area (Å²) < 4.78 is 33.4. The maximum absolute atomic E-state index is 11.1. The Balaban J connectivity index is 3.82. The number of halogens is 4. The Labute approximate surface area is 49.0 Å². The molecule has 0 aliphatic carbocycles. The normalized spacial score (nSPS) is 11.5. The number of hydrogen-bond donors (Lipinski definition) is 1. The summed E-state index contributed by atoms with van der Waals surface area (Å²) in [5.41, 5.74) is -1.40. The molecule has 0 aromatic rings. The first-order valence-electron chi connectivity index (χ1n) is 1.69. The molecule has 0 radical (unpaired) electrons. The topological polar surface area (TPSA) is 23.9 Å². The molecular formula is C3H3ClF3N. The molecular weight excluding hydrogens is 142 g/mol. The highest BCUT2D eigenvalue weighted by Gasteiger charge is 2.32. The van der Waals surface area contributed by atoms with Crippen LogP contribution >= 0.6 is 11.6 Å². The van der Waals surface area contributed by atoms with E-state index in [0.717, 1.165) is 0 Å². The zero-order valence-electron chi connectivity index (χ0n) is 3.72. The van der Waals surface area contributed by atoms with Crippen LogP contribution in [-0.2, 0) is 0 Å². The summed E-state index contributed by atoms with van der Waals surface area (Å²) in [4.78, 5) is 0. The van der Waals surface area contributed by atoms with Crippen LogP contribution in [0.25, 0.3) is 0 Å². The minimum atomic E-state index is -4.54. The fourth-order valence-corrected chi connectivity index (χ4v) is 0.227. The molecule has 1 N–H and O–H groups in total. The number of nitrogens with one attached hydrogen (secondary N) is 1. The predicted octanol–water partition coefficient (Wildman–Crippen LogP) is 1.81. The van der Waals surface area contributed by atoms with Crippen LogP contribution in [0.3, 0.4) is 0 Å². The molecule has 0 aliphatic rings. The molecule has 0 atom stereocenters. The smallest absolute Gasteiger partial charge is 0.299 e. The molecule has 8 heavy (non-hydrogen) atoms. The second-order valence-electron chi connectivity index (χ2n) is 1.11. The summed E-state index contributed by atoms with van der Waals surface area (Å²) in [6, 6.07) is 0. The molecule has 0 aliphatic heterocycles. The van der Waals surface area contributed by atoms with E-state index >= 15 is 0 Å². The first-order chi connectivity index (χ1) is 3.48. The summed E-state index contributed by atoms with van der Waals surface area (Å²) in [5, 5.41) is 6.13. The molecule has 0 amide bonds. The van der Waals surface area contributed by atoms with Crippen molar-refractivity contribution in [1.82, 2.24) is 0 Å². The van der Waals surface area contributed by atoms with Gasteiger partial charge in [0, 0.05) is 0 Å². The van der Waals surface area contributed by atoms with E-state index in [1.54, 1.807) is 0 Å². The van der Waals surface area contributed by atoms with Gasteiger partial charge in [-0.05, 0) is 0 Å². The minimum Gasteiger partial charge on any atom is -0.299 e. The maximum atomic E-state index is 11.1. The van der Waals surface area contributed by atoms with Crippen LogP contribution in [0.4, 0.5) is 13.2 Å². The van der Waals surface area contributed by atoms with Gasteiger partial charge in [0.15, 0.2) is 0 Å². The number of alkyl halides is 4. The van der Waals surface area contributed by atoms with Gasteiger partial charge in [0.2, 0.25) is 0 Å². The van der Waals surface area contributed by atoms with Gasteiger partial charge in [-0.15, -0.1) is 11.6 Å². The van der Waals surface area contributed by atoms with Gasteiger partial charge >= 0.3 is 6.18 Å². The first kappa shape index (κ1) is 7.75. The van der Waals surface area contributed by atoms with Gasteiger partial charge in [-0.25, -0.2) is 0 Å². The SMILES string of the molecule is N=C(CCl)C(F)(F)F. The molecule has 5 heteroatoms. The standard InChI is InChI=1S/C3H3ClF3N/c4-1-2(8)3(5,6)7/h8H,1H2. The Hall–Kier alpha value is -0.250. The fourth-order valence-electron chi connectivity index (χ4n) is 0.0758. The molecule has 0 aromatic carbocycles. The highest BCUT2D eigenvalue weighted by Crippen LogP contribution is 2.16. The highest BCUT2D eigenvalue weighted by atomic mass is 35.5. The van der Waals surface area contributed by atoms with E-state index in [4.69, 9.17) is 17.0 Å². The number of rotatable bonds is 1. The molecule has 0 saturated carbocycles. The molecule has 0 rings (SSSR count). The molecule has 0 spiro atoms. The van der Waals surface area contributed by atoms with Gasteiger partial charge in [0.25, 0.3) is 0 Å². The average molecular weight is 146 g/mol. The summed E-state index contributed by atoms with van der Waals surface area (Å²) in [6.07, 6.45) is -4.54. The van der Waals surface area contributed by atoms with Gasteiger partial charge in [-0.1, -0.05) is 0 Å². The number of hydrogen-bond acceptors (Lipinski definition) is 1. The molecule has 0 fully saturated rings. The third kappa shape index (κ3) is 2.16. The van der Waals surface area contributed by atoms with Crippen molar-refractivity contribution < 1.29 is 13.2 Å². The molecule has 0 unspecified atom stereocenters. The van der Waals surface area contributed by atoms with Crippen LogP contribution in [0.5, 0.6) is 0 Å². The Morgan fingerprint density at radius 1 is 1.50 bits per heavy atom. The monoisotopic (exact) mass is 145 g/mol. The summed E-state index contributed by atoms with van der Waals surface area (Å²) in [6.45, 7) is 0. The van der Waals surface area contributed by atoms with E-state index in [-0.39, 0.29) is 0 Å². The van der Waals surface area contributed by atoms with E-state index < -0.39 is 17.8 Å². The molecule has 0 heterocycles. The van der Waals surface area contributed by atoms with Gasteiger partial charge in [-0.3, -0.25) is 5.41 Å². The molecule has 0 saturated heterocycles. The van der Waals surface area contributed by atoms with E-state index in [9.17, 15) is 13.2 Å². The van der Waals surface area contributed by atoms with Crippen LogP contribution < -0.4 is 0 Å². The van der Waals surface area contributed by atoms with Gasteiger partial charge in [0.05, 0.1) is 5.88 Å². The van der Waals surface area contributed by atoms with Crippen molar-refractivity contribution in [3.63, 3.8) is 0 Å². The van der Waals surface area contributed by atoms with Gasteiger partial charge in [-0.2, -0.15) is 13.2 Å². The third-order valence-electron chi connectivity index (χ3n) is 0.476. The van der Waals surface area contributed by atoms with Crippen molar-refractivity contribution in [2.45, 2.75) is 6.18 Å².